The van der Waals surface area contributed by atoms with E-state index in [1.54, 1.807) is 0 Å². The van der Waals surface area contributed by atoms with Gasteiger partial charge in [-0.05, 0) is 19.3 Å². The fourth-order valence-corrected chi connectivity index (χ4v) is 2.44. The molecule has 2 nitrogen and oxygen atoms in total. The zero-order chi connectivity index (χ0) is 8.44. The van der Waals surface area contributed by atoms with Crippen LogP contribution in [0, 0.1) is 5.41 Å². The van der Waals surface area contributed by atoms with E-state index in [0.717, 1.165) is 25.2 Å². The monoisotopic (exact) mass is 234 g/mol. The Morgan fingerprint density at radius 1 is 1.50 bits per heavy atom. The molecular weight excluding hydrogens is 220 g/mol. The number of alkyl halides is 1. The number of halogens is 1. The Hall–Kier alpha value is 0.400. The lowest BCUT2D eigenvalue weighted by molar-refractivity contribution is 0.154. The van der Waals surface area contributed by atoms with Crippen molar-refractivity contribution in [1.82, 2.24) is 0 Å². The van der Waals surface area contributed by atoms with Crippen LogP contribution in [0.4, 0.5) is 0 Å². The van der Waals surface area contributed by atoms with Gasteiger partial charge in [0.05, 0.1) is 19.3 Å². The Morgan fingerprint density at radius 2 is 2.33 bits per heavy atom. The number of rotatable bonds is 4. The molecule has 0 amide bonds. The van der Waals surface area contributed by atoms with Gasteiger partial charge in [0.25, 0.3) is 0 Å². The van der Waals surface area contributed by atoms with E-state index in [1.807, 2.05) is 0 Å². The Labute approximate surface area is 81.7 Å². The average Bonchev–Trinajstić information content (AvgIpc) is 2.82. The van der Waals surface area contributed by atoms with Crippen molar-refractivity contribution in [3.8, 4) is 0 Å². The lowest BCUT2D eigenvalue weighted by Gasteiger charge is -2.23. The molecule has 0 saturated carbocycles. The maximum absolute atomic E-state index is 5.43. The fourth-order valence-electron chi connectivity index (χ4n) is 1.72. The average molecular weight is 235 g/mol. The van der Waals surface area contributed by atoms with E-state index in [1.165, 1.54) is 19.3 Å². The summed E-state index contributed by atoms with van der Waals surface area (Å²) in [7, 11) is 0. The van der Waals surface area contributed by atoms with Crippen molar-refractivity contribution in [2.75, 3.05) is 25.2 Å². The van der Waals surface area contributed by atoms with Gasteiger partial charge >= 0.3 is 0 Å². The lowest BCUT2D eigenvalue weighted by atomic mass is 9.84. The summed E-state index contributed by atoms with van der Waals surface area (Å²) < 4.78 is 10.6. The van der Waals surface area contributed by atoms with Gasteiger partial charge in [0.1, 0.15) is 0 Å². The summed E-state index contributed by atoms with van der Waals surface area (Å²) in [6.45, 7) is 2.86. The molecule has 0 aromatic carbocycles. The molecule has 0 aromatic rings. The summed E-state index contributed by atoms with van der Waals surface area (Å²) in [5.41, 5.74) is 0.423. The molecule has 0 aliphatic carbocycles. The highest BCUT2D eigenvalue weighted by atomic mass is 79.9. The Morgan fingerprint density at radius 3 is 2.83 bits per heavy atom. The fraction of sp³-hybridized carbons (Fsp3) is 1.00. The predicted molar refractivity (Wildman–Crippen MR) is 50.6 cm³/mol. The van der Waals surface area contributed by atoms with Crippen LogP contribution in [0.15, 0.2) is 0 Å². The molecule has 3 heteroatoms. The maximum Gasteiger partial charge on any atom is 0.0810 e. The largest absolute Gasteiger partial charge is 0.381 e. The van der Waals surface area contributed by atoms with Crippen LogP contribution in [0.5, 0.6) is 0 Å². The lowest BCUT2D eigenvalue weighted by Crippen LogP contribution is -2.23. The van der Waals surface area contributed by atoms with Crippen LogP contribution in [0.3, 0.4) is 0 Å². The van der Waals surface area contributed by atoms with Crippen molar-refractivity contribution in [3.05, 3.63) is 0 Å². The van der Waals surface area contributed by atoms with E-state index in [-0.39, 0.29) is 0 Å². The van der Waals surface area contributed by atoms with Crippen LogP contribution in [-0.4, -0.2) is 31.3 Å². The van der Waals surface area contributed by atoms with Crippen molar-refractivity contribution in [2.45, 2.75) is 25.4 Å². The third-order valence-corrected chi connectivity index (χ3v) is 4.06. The van der Waals surface area contributed by atoms with E-state index in [0.29, 0.717) is 11.5 Å². The van der Waals surface area contributed by atoms with Crippen molar-refractivity contribution >= 4 is 15.9 Å². The van der Waals surface area contributed by atoms with Crippen LogP contribution in [0.25, 0.3) is 0 Å². The van der Waals surface area contributed by atoms with E-state index in [2.05, 4.69) is 15.9 Å². The van der Waals surface area contributed by atoms with E-state index >= 15 is 0 Å². The smallest absolute Gasteiger partial charge is 0.0810 e. The molecule has 2 unspecified atom stereocenters. The third-order valence-electron chi connectivity index (χ3n) is 2.87. The number of hydrogen-bond donors (Lipinski definition) is 0. The number of ether oxygens (including phenoxy) is 2. The predicted octanol–water partition coefficient (Wildman–Crippen LogP) is 1.97. The second-order valence-electron chi connectivity index (χ2n) is 3.93. The number of epoxide rings is 1. The standard InChI is InChI=1S/C9H15BrO2/c10-6-9(3-4-11-7-9)2-1-8-5-12-8/h8H,1-7H2. The van der Waals surface area contributed by atoms with Crippen molar-refractivity contribution in [2.24, 2.45) is 5.41 Å². The molecule has 0 spiro atoms. The minimum atomic E-state index is 0.423. The van der Waals surface area contributed by atoms with Gasteiger partial charge in [-0.1, -0.05) is 15.9 Å². The first-order valence-corrected chi connectivity index (χ1v) is 5.72. The first kappa shape index (κ1) is 8.97. The molecule has 0 bridgehead atoms. The maximum atomic E-state index is 5.43. The first-order chi connectivity index (χ1) is 5.85. The van der Waals surface area contributed by atoms with Crippen LogP contribution >= 0.6 is 15.9 Å². The van der Waals surface area contributed by atoms with Gasteiger partial charge in [0, 0.05) is 17.4 Å². The molecule has 0 radical (unpaired) electrons. The van der Waals surface area contributed by atoms with Gasteiger partial charge in [0.15, 0.2) is 0 Å². The SMILES string of the molecule is BrCC1(CCC2CO2)CCOC1. The molecule has 2 aliphatic rings. The quantitative estimate of drug-likeness (QED) is 0.548. The molecular formula is C9H15BrO2. The zero-order valence-electron chi connectivity index (χ0n) is 7.22. The molecule has 2 fully saturated rings. The van der Waals surface area contributed by atoms with Gasteiger partial charge in [-0.3, -0.25) is 0 Å². The first-order valence-electron chi connectivity index (χ1n) is 4.60. The molecule has 2 saturated heterocycles. The summed E-state index contributed by atoms with van der Waals surface area (Å²) in [6.07, 6.45) is 4.25. The highest BCUT2D eigenvalue weighted by molar-refractivity contribution is 9.09. The van der Waals surface area contributed by atoms with Crippen LogP contribution in [0.2, 0.25) is 0 Å². The third kappa shape index (κ3) is 2.01. The summed E-state index contributed by atoms with van der Waals surface area (Å²) in [4.78, 5) is 0. The summed E-state index contributed by atoms with van der Waals surface area (Å²) in [5.74, 6) is 0. The zero-order valence-corrected chi connectivity index (χ0v) is 8.81. The number of hydrogen-bond acceptors (Lipinski definition) is 2. The van der Waals surface area contributed by atoms with Crippen molar-refractivity contribution in [3.63, 3.8) is 0 Å². The van der Waals surface area contributed by atoms with E-state index < -0.39 is 0 Å². The molecule has 2 heterocycles. The molecule has 2 aliphatic heterocycles. The van der Waals surface area contributed by atoms with Gasteiger partial charge in [-0.2, -0.15) is 0 Å². The van der Waals surface area contributed by atoms with Crippen molar-refractivity contribution in [1.29, 1.82) is 0 Å². The summed E-state index contributed by atoms with van der Waals surface area (Å²) >= 11 is 3.58. The second kappa shape index (κ2) is 3.64. The topological polar surface area (TPSA) is 21.8 Å². The van der Waals surface area contributed by atoms with Gasteiger partial charge in [-0.15, -0.1) is 0 Å². The Kier molecular flexibility index (Phi) is 2.72. The van der Waals surface area contributed by atoms with Gasteiger partial charge < -0.3 is 9.47 Å². The van der Waals surface area contributed by atoms with E-state index in [9.17, 15) is 0 Å². The molecule has 70 valence electrons. The molecule has 0 aromatic heterocycles. The summed E-state index contributed by atoms with van der Waals surface area (Å²) in [6, 6.07) is 0. The highest BCUT2D eigenvalue weighted by Gasteiger charge is 2.35. The van der Waals surface area contributed by atoms with Crippen molar-refractivity contribution < 1.29 is 9.47 Å². The van der Waals surface area contributed by atoms with Gasteiger partial charge in [-0.25, -0.2) is 0 Å². The molecule has 12 heavy (non-hydrogen) atoms. The second-order valence-corrected chi connectivity index (χ2v) is 4.49. The molecule has 2 rings (SSSR count). The Balaban J connectivity index is 1.79. The van der Waals surface area contributed by atoms with Crippen LogP contribution in [-0.2, 0) is 9.47 Å². The van der Waals surface area contributed by atoms with Crippen LogP contribution in [0.1, 0.15) is 19.3 Å². The minimum Gasteiger partial charge on any atom is -0.381 e. The van der Waals surface area contributed by atoms with Gasteiger partial charge in [0.2, 0.25) is 0 Å². The molecule has 2 atom stereocenters. The summed E-state index contributed by atoms with van der Waals surface area (Å²) in [5, 5.41) is 1.08. The van der Waals surface area contributed by atoms with E-state index in [4.69, 9.17) is 9.47 Å². The Bertz CT molecular complexity index is 151. The highest BCUT2D eigenvalue weighted by Crippen LogP contribution is 2.37. The minimum absolute atomic E-state index is 0.423. The normalized spacial score (nSPS) is 40.2. The molecule has 0 N–H and O–H groups in total. The van der Waals surface area contributed by atoms with Crippen LogP contribution < -0.4 is 0 Å².